The van der Waals surface area contributed by atoms with Crippen molar-refractivity contribution in [2.75, 3.05) is 45.1 Å². The average Bonchev–Trinajstić information content (AvgIpc) is 1.73. The van der Waals surface area contributed by atoms with Gasteiger partial charge in [-0.2, -0.15) is 12.6 Å². The van der Waals surface area contributed by atoms with Crippen molar-refractivity contribution in [2.24, 2.45) is 23.5 Å². The van der Waals surface area contributed by atoms with Gasteiger partial charge < -0.3 is 64.9 Å². The molecule has 3 heterocycles. The number of aromatic nitrogens is 6. The van der Waals surface area contributed by atoms with Gasteiger partial charge in [0.2, 0.25) is 17.7 Å². The highest BCUT2D eigenvalue weighted by atomic mass is 32.2. The van der Waals surface area contributed by atoms with Crippen LogP contribution in [0.1, 0.15) is 185 Å². The van der Waals surface area contributed by atoms with Crippen LogP contribution in [0.25, 0.3) is 0 Å². The maximum absolute atomic E-state index is 13.3. The van der Waals surface area contributed by atoms with Crippen molar-refractivity contribution in [3.63, 3.8) is 0 Å². The van der Waals surface area contributed by atoms with Crippen molar-refractivity contribution < 1.29 is 115 Å². The van der Waals surface area contributed by atoms with E-state index in [2.05, 4.69) is 58.0 Å². The van der Waals surface area contributed by atoms with E-state index in [1.165, 1.54) is 78.0 Å². The van der Waals surface area contributed by atoms with Crippen LogP contribution in [-0.4, -0.2) is 213 Å². The summed E-state index contributed by atoms with van der Waals surface area (Å²) in [4.78, 5) is 206. The molecule has 0 aromatic carbocycles. The Morgan fingerprint density at radius 2 is 0.841 bits per heavy atom. The van der Waals surface area contributed by atoms with E-state index < -0.39 is 123 Å². The number of carboxylic acids is 1. The Labute approximate surface area is 637 Å². The number of aliphatic carboxylic acids is 1. The number of ether oxygens (including phenoxy) is 7. The van der Waals surface area contributed by atoms with Crippen LogP contribution in [0.15, 0.2) is 37.6 Å². The van der Waals surface area contributed by atoms with Crippen LogP contribution in [0.2, 0.25) is 0 Å². The number of imidazole rings is 3. The zero-order valence-corrected chi connectivity index (χ0v) is 66.9. The van der Waals surface area contributed by atoms with Gasteiger partial charge in [-0.1, -0.05) is 23.5 Å². The van der Waals surface area contributed by atoms with E-state index in [1.54, 1.807) is 89.3 Å². The van der Waals surface area contributed by atoms with Crippen molar-refractivity contribution in [3.8, 4) is 0 Å². The number of rotatable bonds is 36. The molecule has 3 aromatic heterocycles. The van der Waals surface area contributed by atoms with Crippen LogP contribution in [0.4, 0.5) is 9.59 Å². The molecule has 0 unspecified atom stereocenters. The molecule has 6 atom stereocenters. The molecule has 37 heteroatoms. The molecule has 0 aliphatic heterocycles. The molecule has 600 valence electrons. The average molecular weight is 1570 g/mol. The summed E-state index contributed by atoms with van der Waals surface area (Å²) in [5, 5.41) is 16.1. The lowest BCUT2D eigenvalue weighted by Gasteiger charge is -2.21. The number of H-pyrrole nitrogens is 1. The molecule has 0 radical (unpaired) electrons. The topological polar surface area (TPSA) is 484 Å². The fraction of sp³-hybridized carbons (Fsp3) is 0.643. The van der Waals surface area contributed by atoms with Crippen molar-refractivity contribution in [3.05, 3.63) is 54.7 Å². The van der Waals surface area contributed by atoms with Gasteiger partial charge in [0, 0.05) is 156 Å². The van der Waals surface area contributed by atoms with E-state index >= 15 is 0 Å². The number of carboxylic acid groups (broad SMARTS) is 1. The van der Waals surface area contributed by atoms with Gasteiger partial charge in [-0.25, -0.2) is 48.1 Å². The zero-order chi connectivity index (χ0) is 82.2. The van der Waals surface area contributed by atoms with Crippen LogP contribution in [-0.2, 0) is 120 Å². The molecule has 0 spiro atoms. The molecule has 0 fully saturated rings. The molecule has 7 N–H and O–H groups in total. The first-order valence-electron chi connectivity index (χ1n) is 33.9. The van der Waals surface area contributed by atoms with Crippen LogP contribution in [0.5, 0.6) is 0 Å². The second-order valence-electron chi connectivity index (χ2n) is 28.0. The van der Waals surface area contributed by atoms with E-state index in [9.17, 15) is 81.8 Å². The predicted octanol–water partition coefficient (Wildman–Crippen LogP) is 6.02. The van der Waals surface area contributed by atoms with E-state index in [4.69, 9.17) is 29.4 Å². The summed E-state index contributed by atoms with van der Waals surface area (Å²) in [6.07, 6.45) is 8.04. The molecule has 0 saturated carbocycles. The Balaban J connectivity index is 0.00000150. The minimum Gasteiger partial charge on any atom is -0.481 e. The molecule has 3 amide bonds. The van der Waals surface area contributed by atoms with E-state index in [1.807, 2.05) is 0 Å². The second-order valence-corrected chi connectivity index (χ2v) is 30.4. The SMILES string of the molecule is CC(C)(C)OC(=O)CCCC(=O)C[C@@H](Cc1cncn1C(=O)OC(C)(C)C)C(=O)O.COC(=O)[C@H](CS)NC(C)=O.COC(=O)[C@H](CSC(=O)[C@@H](CC(=O)CCCC(=O)OC(C)(C)C)Cc1cncn1C(=O)OC(C)(C)C)NC(C)=O.COC(=O)[C@H](CSC(=O)[C@@H](CC(=O)CCN)Cc1cnc[nH]1)NC(C)=O. The number of nitrogens with zero attached hydrogens (tertiary/aromatic N) is 5. The minimum atomic E-state index is -1.15. The largest absolute Gasteiger partial charge is 0.481 e. The standard InChI is InChI=1S/C27H41N3O9S.C21H32N2O7.C16H24N4O5S.C6H11NO3S/c1-17(31)29-21(23(34)37-8)15-40-24(35)18(13-20(32)10-9-11-22(33)38-26(2,3)4)12-19-14-28-16-30(19)25(36)39-27(5,6)7;1-20(2,3)29-17(25)9-7-8-16(24)11-14(18(26)27)10-15-12-22-13-23(15)19(28)30-21(4,5)6;1-10(21)20-14(15(23)25-2)8-26-16(24)11(6-13(22)3-4-17)5-12-7-18-9-19-12;1-4(8)7-5(3-11)6(9)10-2/h14,16,18,21H,9-13,15H2,1-8H3,(H,29,31);12-14H,7-11H2,1-6H3,(H,26,27);7,9,11,14H,3-6,8,17H2,1-2H3,(H,18,19)(H,20,21);5,11H,3H2,1-2H3,(H,7,8)/t18-,21+;14-;11-,14+;5-/m1110/s1. The Morgan fingerprint density at radius 3 is 1.17 bits per heavy atom. The van der Waals surface area contributed by atoms with Crippen LogP contribution < -0.4 is 21.7 Å². The van der Waals surface area contributed by atoms with Crippen LogP contribution in [0.3, 0.4) is 0 Å². The van der Waals surface area contributed by atoms with E-state index in [-0.39, 0.29) is 129 Å². The fourth-order valence-corrected chi connectivity index (χ4v) is 11.1. The molecular weight excluding hydrogens is 1460 g/mol. The molecule has 0 saturated heterocycles. The van der Waals surface area contributed by atoms with Gasteiger partial charge in [-0.05, 0) is 102 Å². The highest BCUT2D eigenvalue weighted by Crippen LogP contribution is 2.26. The van der Waals surface area contributed by atoms with Gasteiger partial charge in [0.25, 0.3) is 0 Å². The molecule has 107 heavy (non-hydrogen) atoms. The fourth-order valence-electron chi connectivity index (χ4n) is 8.97. The van der Waals surface area contributed by atoms with Gasteiger partial charge in [0.15, 0.2) is 10.2 Å². The molecule has 0 aliphatic carbocycles. The summed E-state index contributed by atoms with van der Waals surface area (Å²) in [6, 6.07) is -2.63. The Bertz CT molecular complexity index is 3440. The summed E-state index contributed by atoms with van der Waals surface area (Å²) >= 11 is 5.53. The maximum Gasteiger partial charge on any atom is 0.420 e. The number of methoxy groups -OCH3 is 3. The minimum absolute atomic E-state index is 0.00803. The highest BCUT2D eigenvalue weighted by Gasteiger charge is 2.32. The number of thiol groups is 1. The summed E-state index contributed by atoms with van der Waals surface area (Å²) in [5.41, 5.74) is 4.13. The van der Waals surface area contributed by atoms with E-state index in [0.717, 1.165) is 33.8 Å². The summed E-state index contributed by atoms with van der Waals surface area (Å²) in [6.45, 7) is 24.9. The number of aromatic amines is 1. The first kappa shape index (κ1) is 98.2. The predicted molar refractivity (Wildman–Crippen MR) is 395 cm³/mol. The number of hydrogen-bond acceptors (Lipinski definition) is 30. The van der Waals surface area contributed by atoms with Crippen molar-refractivity contribution in [1.82, 2.24) is 45.0 Å². The van der Waals surface area contributed by atoms with Crippen molar-refractivity contribution in [2.45, 2.75) is 228 Å². The first-order valence-corrected chi connectivity index (χ1v) is 36.5. The number of ketones is 3. The first-order chi connectivity index (χ1) is 49.6. The highest BCUT2D eigenvalue weighted by molar-refractivity contribution is 8.14. The van der Waals surface area contributed by atoms with Gasteiger partial charge in [0.1, 0.15) is 70.5 Å². The number of carbonyl (C=O) groups is 16. The molecule has 3 aromatic rings. The van der Waals surface area contributed by atoms with Gasteiger partial charge in [0.05, 0.1) is 33.6 Å². The number of hydrogen-bond donors (Lipinski definition) is 7. The summed E-state index contributed by atoms with van der Waals surface area (Å²) in [7, 11) is 3.64. The molecule has 3 rings (SSSR count). The van der Waals surface area contributed by atoms with Gasteiger partial charge in [-0.3, -0.25) is 52.7 Å². The summed E-state index contributed by atoms with van der Waals surface area (Å²) < 4.78 is 37.2. The number of amides is 3. The quantitative estimate of drug-likeness (QED) is 0.0199. The van der Waals surface area contributed by atoms with Crippen LogP contribution >= 0.6 is 36.2 Å². The number of carbonyl (C=O) groups excluding carboxylic acids is 15. The van der Waals surface area contributed by atoms with Gasteiger partial charge >= 0.3 is 48.0 Å². The maximum atomic E-state index is 13.3. The monoisotopic (exact) mass is 1570 g/mol. The number of esters is 5. The Hall–Kier alpha value is -8.84. The van der Waals surface area contributed by atoms with Crippen molar-refractivity contribution in [1.29, 1.82) is 0 Å². The van der Waals surface area contributed by atoms with E-state index in [0.29, 0.717) is 17.8 Å². The summed E-state index contributed by atoms with van der Waals surface area (Å²) in [5.74, 6) is -7.87. The molecule has 0 bridgehead atoms. The second kappa shape index (κ2) is 49.2. The third-order valence-corrected chi connectivity index (χ3v) is 16.1. The lowest BCUT2D eigenvalue weighted by molar-refractivity contribution is -0.156. The number of nitrogens with one attached hydrogen (secondary N) is 4. The number of thioether (sulfide) groups is 2. The van der Waals surface area contributed by atoms with Gasteiger partial charge in [-0.15, -0.1) is 0 Å². The Morgan fingerprint density at radius 1 is 0.495 bits per heavy atom. The normalized spacial score (nSPS) is 12.9. The number of Topliss-reactive ketones (excluding diaryl/α,β-unsaturated/α-hetero) is 3. The lowest BCUT2D eigenvalue weighted by atomic mass is 9.95. The molecular formula is C70H108N10O24S3. The lowest BCUT2D eigenvalue weighted by Crippen LogP contribution is -2.42. The third-order valence-electron chi connectivity index (χ3n) is 13.5. The Kier molecular flexibility index (Phi) is 45.1. The van der Waals surface area contributed by atoms with Crippen LogP contribution in [0, 0.1) is 17.8 Å². The smallest absolute Gasteiger partial charge is 0.420 e. The number of nitrogens with two attached hydrogens (primary N) is 1. The molecule has 0 aliphatic rings. The third kappa shape index (κ3) is 45.4. The molecule has 34 nitrogen and oxygen atoms in total. The zero-order valence-electron chi connectivity index (χ0n) is 64.4. The van der Waals surface area contributed by atoms with Crippen molar-refractivity contribution >= 4 is 129 Å².